The normalized spacial score (nSPS) is 10.8. The van der Waals surface area contributed by atoms with Gasteiger partial charge >= 0.3 is 6.03 Å². The van der Waals surface area contributed by atoms with E-state index in [0.29, 0.717) is 24.7 Å². The first-order chi connectivity index (χ1) is 12.1. The van der Waals surface area contributed by atoms with E-state index in [-0.39, 0.29) is 6.03 Å². The number of urea groups is 1. The molecule has 7 heteroatoms. The van der Waals surface area contributed by atoms with E-state index in [1.807, 2.05) is 40.9 Å². The molecular formula is C18H19ClN4O2. The van der Waals surface area contributed by atoms with Gasteiger partial charge in [0, 0.05) is 26.0 Å². The molecule has 0 unspecified atom stereocenters. The number of pyridine rings is 1. The topological polar surface area (TPSA) is 67.7 Å². The van der Waals surface area contributed by atoms with E-state index in [2.05, 4.69) is 15.6 Å². The molecule has 3 aromatic rings. The minimum Gasteiger partial charge on any atom is -0.380 e. The van der Waals surface area contributed by atoms with Crippen LogP contribution in [-0.2, 0) is 24.4 Å². The Bertz CT molecular complexity index is 861. The zero-order valence-electron chi connectivity index (χ0n) is 13.8. The summed E-state index contributed by atoms with van der Waals surface area (Å²) in [5, 5.41) is 6.26. The maximum Gasteiger partial charge on any atom is 0.315 e. The Morgan fingerprint density at radius 1 is 1.08 bits per heavy atom. The van der Waals surface area contributed by atoms with Gasteiger partial charge in [-0.3, -0.25) is 0 Å². The molecule has 1 aromatic carbocycles. The molecule has 0 aliphatic rings. The molecule has 0 spiro atoms. The van der Waals surface area contributed by atoms with Gasteiger partial charge in [0.2, 0.25) is 0 Å². The van der Waals surface area contributed by atoms with Crippen molar-refractivity contribution in [3.05, 3.63) is 70.6 Å². The molecule has 2 amide bonds. The first-order valence-corrected chi connectivity index (χ1v) is 8.23. The van der Waals surface area contributed by atoms with Crippen LogP contribution in [0.1, 0.15) is 16.8 Å². The largest absolute Gasteiger partial charge is 0.380 e. The van der Waals surface area contributed by atoms with E-state index in [4.69, 9.17) is 16.3 Å². The lowest BCUT2D eigenvalue weighted by molar-refractivity contribution is 0.185. The van der Waals surface area contributed by atoms with Crippen LogP contribution in [0, 0.1) is 0 Å². The Morgan fingerprint density at radius 2 is 1.80 bits per heavy atom. The number of hydrogen-bond donors (Lipinski definition) is 2. The van der Waals surface area contributed by atoms with Crippen molar-refractivity contribution in [1.29, 1.82) is 0 Å². The number of nitrogens with one attached hydrogen (secondary N) is 2. The van der Waals surface area contributed by atoms with Crippen LogP contribution in [-0.4, -0.2) is 22.5 Å². The summed E-state index contributed by atoms with van der Waals surface area (Å²) in [5.41, 5.74) is 3.68. The van der Waals surface area contributed by atoms with Gasteiger partial charge in [-0.25, -0.2) is 9.78 Å². The lowest BCUT2D eigenvalue weighted by Gasteiger charge is -2.07. The maximum absolute atomic E-state index is 11.9. The molecule has 0 fully saturated rings. The fraction of sp³-hybridized carbons (Fsp3) is 0.222. The van der Waals surface area contributed by atoms with Crippen molar-refractivity contribution in [3.8, 4) is 0 Å². The van der Waals surface area contributed by atoms with Gasteiger partial charge in [0.05, 0.1) is 23.9 Å². The van der Waals surface area contributed by atoms with Gasteiger partial charge in [-0.2, -0.15) is 0 Å². The van der Waals surface area contributed by atoms with E-state index >= 15 is 0 Å². The summed E-state index contributed by atoms with van der Waals surface area (Å²) < 4.78 is 6.91. The molecule has 2 heterocycles. The highest BCUT2D eigenvalue weighted by Crippen LogP contribution is 2.11. The number of aromatic nitrogens is 2. The van der Waals surface area contributed by atoms with Crippen molar-refractivity contribution in [1.82, 2.24) is 20.0 Å². The number of methoxy groups -OCH3 is 1. The number of fused-ring (bicyclic) bond motifs is 1. The molecule has 130 valence electrons. The number of hydrogen-bond acceptors (Lipinski definition) is 3. The minimum atomic E-state index is -0.240. The number of nitrogens with zero attached hydrogens (tertiary/aromatic N) is 2. The molecule has 0 aliphatic heterocycles. The molecule has 0 saturated heterocycles. The molecule has 0 saturated carbocycles. The summed E-state index contributed by atoms with van der Waals surface area (Å²) in [6.45, 7) is 1.39. The van der Waals surface area contributed by atoms with Gasteiger partial charge in [-0.1, -0.05) is 35.9 Å². The quantitative estimate of drug-likeness (QED) is 0.711. The van der Waals surface area contributed by atoms with Crippen LogP contribution in [0.15, 0.2) is 48.8 Å². The second-order valence-electron chi connectivity index (χ2n) is 5.63. The van der Waals surface area contributed by atoms with Gasteiger partial charge in [0.1, 0.15) is 5.65 Å². The summed E-state index contributed by atoms with van der Waals surface area (Å²) in [5.74, 6) is 0. The third kappa shape index (κ3) is 4.71. The van der Waals surface area contributed by atoms with Crippen LogP contribution in [0.5, 0.6) is 0 Å². The average molecular weight is 359 g/mol. The molecule has 0 aliphatic carbocycles. The van der Waals surface area contributed by atoms with Crippen molar-refractivity contribution < 1.29 is 9.53 Å². The average Bonchev–Trinajstić information content (AvgIpc) is 3.01. The van der Waals surface area contributed by atoms with E-state index in [9.17, 15) is 4.79 Å². The van der Waals surface area contributed by atoms with E-state index < -0.39 is 0 Å². The Labute approximate surface area is 150 Å². The standard InChI is InChI=1S/C18H19ClN4O2/c1-25-12-14-4-2-13(3-5-14)8-20-18(24)21-9-16-11-23-10-15(19)6-7-17(23)22-16/h2-7,10-11H,8-9,12H2,1H3,(H2,20,21,24). The van der Waals surface area contributed by atoms with E-state index in [0.717, 1.165) is 22.5 Å². The van der Waals surface area contributed by atoms with Crippen LogP contribution in [0.4, 0.5) is 4.79 Å². The lowest BCUT2D eigenvalue weighted by atomic mass is 10.1. The second kappa shape index (κ2) is 8.00. The van der Waals surface area contributed by atoms with Crippen LogP contribution in [0.2, 0.25) is 5.02 Å². The highest BCUT2D eigenvalue weighted by molar-refractivity contribution is 6.30. The summed E-state index contributed by atoms with van der Waals surface area (Å²) in [7, 11) is 1.66. The lowest BCUT2D eigenvalue weighted by Crippen LogP contribution is -2.34. The SMILES string of the molecule is COCc1ccc(CNC(=O)NCc2cn3cc(Cl)ccc3n2)cc1. The van der Waals surface area contributed by atoms with Crippen LogP contribution >= 0.6 is 11.6 Å². The van der Waals surface area contributed by atoms with Gasteiger partial charge in [-0.15, -0.1) is 0 Å². The third-order valence-electron chi connectivity index (χ3n) is 3.68. The monoisotopic (exact) mass is 358 g/mol. The summed E-state index contributed by atoms with van der Waals surface area (Å²) in [6.07, 6.45) is 3.62. The molecule has 25 heavy (non-hydrogen) atoms. The predicted molar refractivity (Wildman–Crippen MR) is 96.4 cm³/mol. The number of benzene rings is 1. The first kappa shape index (κ1) is 17.3. The van der Waals surface area contributed by atoms with Gasteiger partial charge in [-0.05, 0) is 23.3 Å². The molecule has 2 aromatic heterocycles. The van der Waals surface area contributed by atoms with Crippen molar-refractivity contribution in [3.63, 3.8) is 0 Å². The zero-order valence-corrected chi connectivity index (χ0v) is 14.6. The molecule has 0 bridgehead atoms. The molecule has 6 nitrogen and oxygen atoms in total. The Morgan fingerprint density at radius 3 is 2.56 bits per heavy atom. The fourth-order valence-corrected chi connectivity index (χ4v) is 2.61. The van der Waals surface area contributed by atoms with Crippen molar-refractivity contribution >= 4 is 23.3 Å². The van der Waals surface area contributed by atoms with Crippen LogP contribution in [0.3, 0.4) is 0 Å². The second-order valence-corrected chi connectivity index (χ2v) is 6.07. The highest BCUT2D eigenvalue weighted by atomic mass is 35.5. The number of halogens is 1. The summed E-state index contributed by atoms with van der Waals surface area (Å²) >= 11 is 5.95. The first-order valence-electron chi connectivity index (χ1n) is 7.85. The third-order valence-corrected chi connectivity index (χ3v) is 3.91. The van der Waals surface area contributed by atoms with Crippen LogP contribution in [0.25, 0.3) is 5.65 Å². The predicted octanol–water partition coefficient (Wildman–Crippen LogP) is 3.13. The van der Waals surface area contributed by atoms with E-state index in [1.54, 1.807) is 19.4 Å². The smallest absolute Gasteiger partial charge is 0.315 e. The number of rotatable bonds is 6. The Hall–Kier alpha value is -2.57. The fourth-order valence-electron chi connectivity index (χ4n) is 2.44. The van der Waals surface area contributed by atoms with Gasteiger partial charge in [0.25, 0.3) is 0 Å². The van der Waals surface area contributed by atoms with Crippen LogP contribution < -0.4 is 10.6 Å². The maximum atomic E-state index is 11.9. The number of amides is 2. The number of carbonyl (C=O) groups is 1. The number of ether oxygens (including phenoxy) is 1. The van der Waals surface area contributed by atoms with Gasteiger partial charge in [0.15, 0.2) is 0 Å². The number of imidazole rings is 1. The van der Waals surface area contributed by atoms with Crippen molar-refractivity contribution in [2.45, 2.75) is 19.7 Å². The zero-order chi connectivity index (χ0) is 17.6. The molecule has 0 atom stereocenters. The minimum absolute atomic E-state index is 0.240. The Balaban J connectivity index is 1.48. The molecule has 3 rings (SSSR count). The Kier molecular flexibility index (Phi) is 5.53. The molecule has 0 radical (unpaired) electrons. The summed E-state index contributed by atoms with van der Waals surface area (Å²) in [4.78, 5) is 16.4. The molecular weight excluding hydrogens is 340 g/mol. The molecule has 2 N–H and O–H groups in total. The van der Waals surface area contributed by atoms with E-state index in [1.165, 1.54) is 0 Å². The van der Waals surface area contributed by atoms with Crippen molar-refractivity contribution in [2.24, 2.45) is 0 Å². The van der Waals surface area contributed by atoms with Gasteiger partial charge < -0.3 is 19.8 Å². The van der Waals surface area contributed by atoms with Crippen molar-refractivity contribution in [2.75, 3.05) is 7.11 Å². The number of carbonyl (C=O) groups excluding carboxylic acids is 1. The highest BCUT2D eigenvalue weighted by Gasteiger charge is 2.05. The summed E-state index contributed by atoms with van der Waals surface area (Å²) in [6, 6.07) is 11.3.